The van der Waals surface area contributed by atoms with E-state index in [2.05, 4.69) is 252 Å². The highest BCUT2D eigenvalue weighted by atomic mass is 32.1. The second-order valence-corrected chi connectivity index (χ2v) is 21.7. The van der Waals surface area contributed by atoms with Gasteiger partial charge in [-0.1, -0.05) is 182 Å². The number of hydrogen-bond donors (Lipinski definition) is 0. The maximum Gasteiger partial charge on any atom is 0.179 e. The molecule has 0 fully saturated rings. The second kappa shape index (κ2) is 14.7. The van der Waals surface area contributed by atoms with Crippen molar-refractivity contribution in [3.8, 4) is 22.5 Å². The Hall–Kier alpha value is -7.76. The lowest BCUT2D eigenvalue weighted by molar-refractivity contribution is 1.17. The zero-order valence-corrected chi connectivity index (χ0v) is 36.7. The Morgan fingerprint density at radius 2 is 0.750 bits per heavy atom. The monoisotopic (exact) mass is 848 g/mol. The Morgan fingerprint density at radius 3 is 1.38 bits per heavy atom. The van der Waals surface area contributed by atoms with Crippen molar-refractivity contribution in [1.82, 2.24) is 9.13 Å². The Kier molecular flexibility index (Phi) is 8.45. The van der Waals surface area contributed by atoms with Crippen LogP contribution in [0.25, 0.3) is 86.3 Å². The first kappa shape index (κ1) is 36.9. The van der Waals surface area contributed by atoms with E-state index in [1.165, 1.54) is 95.7 Å². The minimum Gasteiger partial charge on any atom is -0.309 e. The van der Waals surface area contributed by atoms with Gasteiger partial charge in [-0.3, -0.25) is 0 Å². The van der Waals surface area contributed by atoms with Crippen LogP contribution in [0.1, 0.15) is 0 Å². The van der Waals surface area contributed by atoms with Gasteiger partial charge in [0.25, 0.3) is 0 Å². The molecule has 64 heavy (non-hydrogen) atoms. The minimum absolute atomic E-state index is 1.15. The highest BCUT2D eigenvalue weighted by Gasteiger charge is 2.41. The van der Waals surface area contributed by atoms with Gasteiger partial charge in [-0.05, 0) is 92.5 Å². The molecule has 13 rings (SSSR count). The fraction of sp³-hybridized carbons (Fsp3) is 0. The Bertz CT molecular complexity index is 3790. The first-order valence-electron chi connectivity index (χ1n) is 22.0. The van der Waals surface area contributed by atoms with E-state index in [0.29, 0.717) is 0 Å². The summed E-state index contributed by atoms with van der Waals surface area (Å²) in [6, 6.07) is 90.3. The van der Waals surface area contributed by atoms with E-state index in [9.17, 15) is 0 Å². The molecule has 0 aliphatic carbocycles. The fourth-order valence-electron chi connectivity index (χ4n) is 10.7. The molecule has 0 aliphatic rings. The fourth-order valence-corrected chi connectivity index (χ4v) is 16.7. The summed E-state index contributed by atoms with van der Waals surface area (Å²) in [6.45, 7) is 0. The summed E-state index contributed by atoms with van der Waals surface area (Å²) in [7, 11) is -2.65. The lowest BCUT2D eigenvalue weighted by Gasteiger charge is -2.34. The number of hydrogen-bond acceptors (Lipinski definition) is 1. The van der Waals surface area contributed by atoms with Crippen molar-refractivity contribution in [2.45, 2.75) is 0 Å². The number of para-hydroxylation sites is 2. The molecule has 0 bridgehead atoms. The van der Waals surface area contributed by atoms with Crippen molar-refractivity contribution in [2.24, 2.45) is 0 Å². The second-order valence-electron chi connectivity index (χ2n) is 16.8. The summed E-state index contributed by atoms with van der Waals surface area (Å²) in [5, 5.41) is 13.1. The molecule has 4 heteroatoms. The van der Waals surface area contributed by atoms with Gasteiger partial charge in [-0.2, -0.15) is 0 Å². The zero-order valence-electron chi connectivity index (χ0n) is 34.9. The number of thiophene rings is 1. The largest absolute Gasteiger partial charge is 0.309 e. The van der Waals surface area contributed by atoms with E-state index in [1.54, 1.807) is 0 Å². The van der Waals surface area contributed by atoms with Gasteiger partial charge in [0.05, 0.1) is 22.1 Å². The third-order valence-electron chi connectivity index (χ3n) is 13.5. The number of nitrogens with zero attached hydrogens (tertiary/aromatic N) is 2. The molecule has 3 aromatic heterocycles. The molecule has 300 valence electrons. The first-order valence-corrected chi connectivity index (χ1v) is 24.8. The number of fused-ring (bicyclic) bond motifs is 9. The maximum atomic E-state index is 2.45. The van der Waals surface area contributed by atoms with Gasteiger partial charge in [-0.15, -0.1) is 11.3 Å². The van der Waals surface area contributed by atoms with Crippen molar-refractivity contribution in [2.75, 3.05) is 0 Å². The van der Waals surface area contributed by atoms with Crippen LogP contribution in [-0.4, -0.2) is 17.2 Å². The molecule has 0 spiro atoms. The molecule has 0 saturated carbocycles. The van der Waals surface area contributed by atoms with Gasteiger partial charge in [0, 0.05) is 53.1 Å². The number of rotatable bonds is 7. The third kappa shape index (κ3) is 5.50. The summed E-state index contributed by atoms with van der Waals surface area (Å²) in [5.74, 6) is 0. The van der Waals surface area contributed by atoms with Gasteiger partial charge in [0.1, 0.15) is 0 Å². The van der Waals surface area contributed by atoms with E-state index >= 15 is 0 Å². The van der Waals surface area contributed by atoms with Crippen LogP contribution in [0.2, 0.25) is 0 Å². The van der Waals surface area contributed by atoms with Crippen LogP contribution < -0.4 is 20.7 Å². The quantitative estimate of drug-likeness (QED) is 0.112. The summed E-state index contributed by atoms with van der Waals surface area (Å²) in [5.41, 5.74) is 9.63. The van der Waals surface area contributed by atoms with E-state index in [4.69, 9.17) is 0 Å². The number of benzene rings is 10. The van der Waals surface area contributed by atoms with Crippen LogP contribution >= 0.6 is 11.3 Å². The molecule has 13 aromatic rings. The lowest BCUT2D eigenvalue weighted by Crippen LogP contribution is -2.74. The summed E-state index contributed by atoms with van der Waals surface area (Å²) in [6.07, 6.45) is 0. The van der Waals surface area contributed by atoms with Crippen LogP contribution in [-0.2, 0) is 0 Å². The summed E-state index contributed by atoms with van der Waals surface area (Å²) >= 11 is 1.89. The van der Waals surface area contributed by atoms with E-state index in [0.717, 1.165) is 11.4 Å². The molecule has 10 aromatic carbocycles. The van der Waals surface area contributed by atoms with E-state index < -0.39 is 8.07 Å². The highest BCUT2D eigenvalue weighted by Crippen LogP contribution is 2.42. The lowest BCUT2D eigenvalue weighted by atomic mass is 10.0. The smallest absolute Gasteiger partial charge is 0.179 e. The highest BCUT2D eigenvalue weighted by molar-refractivity contribution is 7.26. The van der Waals surface area contributed by atoms with Crippen molar-refractivity contribution in [3.05, 3.63) is 243 Å². The average molecular weight is 849 g/mol. The summed E-state index contributed by atoms with van der Waals surface area (Å²) < 4.78 is 7.57. The normalized spacial score (nSPS) is 12.1. The van der Waals surface area contributed by atoms with Crippen molar-refractivity contribution in [3.63, 3.8) is 0 Å². The molecule has 0 saturated heterocycles. The van der Waals surface area contributed by atoms with Crippen LogP contribution in [0, 0.1) is 0 Å². The van der Waals surface area contributed by atoms with Gasteiger partial charge >= 0.3 is 0 Å². The molecule has 0 N–H and O–H groups in total. The van der Waals surface area contributed by atoms with Crippen LogP contribution in [0.15, 0.2) is 243 Å². The van der Waals surface area contributed by atoms with Gasteiger partial charge in [-0.25, -0.2) is 0 Å². The Morgan fingerprint density at radius 1 is 0.297 bits per heavy atom. The van der Waals surface area contributed by atoms with Crippen LogP contribution in [0.3, 0.4) is 0 Å². The maximum absolute atomic E-state index is 2.65. The zero-order chi connectivity index (χ0) is 42.2. The molecule has 0 radical (unpaired) electrons. The first-order chi connectivity index (χ1) is 31.8. The standard InChI is InChI=1S/C60H40N2SSi/c1-4-17-44(18-5-1)64(45-19-6-2-7-20-45,46-21-8-3-9-22-46)47-35-32-42(33-36-47)61-55-28-13-11-24-50(55)54-40-43(34-38-58(54)61)62-56-29-14-10-23-49(56)53-39-41(31-37-57(53)62)48-26-16-27-52-51-25-12-15-30-59(51)63-60(48)52/h1-40H. The predicted octanol–water partition coefficient (Wildman–Crippen LogP) is 13.3. The molecule has 0 amide bonds. The summed E-state index contributed by atoms with van der Waals surface area (Å²) in [4.78, 5) is 0. The average Bonchev–Trinajstić information content (AvgIpc) is 4.03. The molecular formula is C60H40N2SSi. The topological polar surface area (TPSA) is 9.86 Å². The van der Waals surface area contributed by atoms with Gasteiger partial charge in [0.15, 0.2) is 8.07 Å². The number of aromatic nitrogens is 2. The molecule has 0 unspecified atom stereocenters. The Balaban J connectivity index is 0.963. The molecule has 3 heterocycles. The van der Waals surface area contributed by atoms with E-state index in [-0.39, 0.29) is 0 Å². The molecule has 0 aliphatic heterocycles. The Labute approximate surface area is 376 Å². The molecular weight excluding hydrogens is 809 g/mol. The van der Waals surface area contributed by atoms with Crippen molar-refractivity contribution < 1.29 is 0 Å². The van der Waals surface area contributed by atoms with Crippen LogP contribution in [0.4, 0.5) is 0 Å². The van der Waals surface area contributed by atoms with Gasteiger partial charge in [0.2, 0.25) is 0 Å². The van der Waals surface area contributed by atoms with Crippen molar-refractivity contribution in [1.29, 1.82) is 0 Å². The molecule has 2 nitrogen and oxygen atoms in total. The van der Waals surface area contributed by atoms with Crippen LogP contribution in [0.5, 0.6) is 0 Å². The molecule has 0 atom stereocenters. The minimum atomic E-state index is -2.65. The van der Waals surface area contributed by atoms with Gasteiger partial charge < -0.3 is 9.13 Å². The van der Waals surface area contributed by atoms with Crippen molar-refractivity contribution >= 4 is 104 Å². The SMILES string of the molecule is c1ccc([Si](c2ccccc2)(c2ccccc2)c2ccc(-n3c4ccccc4c4cc(-n5c6ccccc6c6cc(-c7cccc8c7sc7ccccc78)ccc65)ccc43)cc2)cc1. The predicted molar refractivity (Wildman–Crippen MR) is 277 cm³/mol. The van der Waals surface area contributed by atoms with E-state index in [1.807, 2.05) is 11.3 Å². The third-order valence-corrected chi connectivity index (χ3v) is 19.5.